The van der Waals surface area contributed by atoms with Crippen LogP contribution in [0.2, 0.25) is 0 Å². The Bertz CT molecular complexity index is 678. The molecule has 0 unspecified atom stereocenters. The highest BCUT2D eigenvalue weighted by Gasteiger charge is 2.34. The van der Waals surface area contributed by atoms with Crippen molar-refractivity contribution >= 4 is 5.91 Å². The fourth-order valence-electron chi connectivity index (χ4n) is 3.64. The first-order valence-corrected chi connectivity index (χ1v) is 9.26. The second-order valence-electron chi connectivity index (χ2n) is 7.32. The van der Waals surface area contributed by atoms with Crippen LogP contribution in [0.4, 0.5) is 0 Å². The smallest absolute Gasteiger partial charge is 0.257 e. The normalized spacial score (nSPS) is 23.6. The Morgan fingerprint density at radius 2 is 2.00 bits per heavy atom. The Hall–Kier alpha value is -2.07. The number of furan rings is 1. The third-order valence-corrected chi connectivity index (χ3v) is 5.30. The minimum Gasteiger partial charge on any atom is -0.472 e. The highest BCUT2D eigenvalue weighted by atomic mass is 16.5. The molecule has 1 saturated carbocycles. The molecule has 4 rings (SSSR count). The number of ether oxygens (including phenoxy) is 1. The molecule has 1 aliphatic heterocycles. The summed E-state index contributed by atoms with van der Waals surface area (Å²) in [6.07, 6.45) is 7.81. The molecule has 1 aromatic heterocycles. The number of hydrogen-bond donors (Lipinski definition) is 0. The molecule has 0 bridgehead atoms. The van der Waals surface area contributed by atoms with E-state index in [9.17, 15) is 4.79 Å². The molecule has 132 valence electrons. The van der Waals surface area contributed by atoms with Gasteiger partial charge in [0, 0.05) is 25.6 Å². The van der Waals surface area contributed by atoms with Crippen molar-refractivity contribution in [1.82, 2.24) is 4.90 Å². The molecular formula is C21H25NO3. The molecule has 0 N–H and O–H groups in total. The van der Waals surface area contributed by atoms with Gasteiger partial charge in [-0.15, -0.1) is 0 Å². The maximum Gasteiger partial charge on any atom is 0.257 e. The van der Waals surface area contributed by atoms with Crippen LogP contribution >= 0.6 is 0 Å². The molecule has 1 saturated heterocycles. The molecule has 1 aromatic carbocycles. The van der Waals surface area contributed by atoms with Gasteiger partial charge in [-0.05, 0) is 43.2 Å². The Kier molecular flexibility index (Phi) is 4.88. The van der Waals surface area contributed by atoms with E-state index in [-0.39, 0.29) is 12.0 Å². The molecule has 2 atom stereocenters. The van der Waals surface area contributed by atoms with E-state index in [1.807, 2.05) is 11.0 Å². The summed E-state index contributed by atoms with van der Waals surface area (Å²) in [5.41, 5.74) is 1.95. The van der Waals surface area contributed by atoms with E-state index < -0.39 is 0 Å². The summed E-state index contributed by atoms with van der Waals surface area (Å²) in [7, 11) is 0. The lowest BCUT2D eigenvalue weighted by molar-refractivity contribution is -0.0326. The molecule has 4 heteroatoms. The quantitative estimate of drug-likeness (QED) is 0.804. The highest BCUT2D eigenvalue weighted by Crippen LogP contribution is 2.32. The number of amides is 1. The lowest BCUT2D eigenvalue weighted by Gasteiger charge is -2.38. The van der Waals surface area contributed by atoms with Crippen molar-refractivity contribution < 1.29 is 13.9 Å². The highest BCUT2D eigenvalue weighted by molar-refractivity contribution is 5.93. The number of piperidine rings is 1. The van der Waals surface area contributed by atoms with Gasteiger partial charge in [-0.1, -0.05) is 30.3 Å². The summed E-state index contributed by atoms with van der Waals surface area (Å²) in [5.74, 6) is 1.17. The van der Waals surface area contributed by atoms with Gasteiger partial charge in [0.05, 0.1) is 17.9 Å². The summed E-state index contributed by atoms with van der Waals surface area (Å²) in [5, 5.41) is 0. The lowest BCUT2D eigenvalue weighted by Crippen LogP contribution is -2.47. The van der Waals surface area contributed by atoms with E-state index in [0.29, 0.717) is 11.5 Å². The molecule has 0 radical (unpaired) electrons. The van der Waals surface area contributed by atoms with Crippen LogP contribution in [0.3, 0.4) is 0 Å². The molecule has 1 aliphatic carbocycles. The standard InChI is InChI=1S/C21H25NO3/c23-21(18-9-11-24-15-18)22-10-8-20(25-14-17-6-7-17)19(13-22)12-16-4-2-1-3-5-16/h1-5,9,11,15,17,19-20H,6-8,10,12-14H2/t19-,20-/m0/s1. The molecule has 1 amide bonds. The Morgan fingerprint density at radius 3 is 2.72 bits per heavy atom. The van der Waals surface area contributed by atoms with Gasteiger partial charge in [0.1, 0.15) is 6.26 Å². The molecule has 2 heterocycles. The zero-order chi connectivity index (χ0) is 17.1. The van der Waals surface area contributed by atoms with Crippen molar-refractivity contribution in [2.75, 3.05) is 19.7 Å². The van der Waals surface area contributed by atoms with Crippen LogP contribution < -0.4 is 0 Å². The lowest BCUT2D eigenvalue weighted by atomic mass is 9.88. The minimum absolute atomic E-state index is 0.0625. The van der Waals surface area contributed by atoms with E-state index in [0.717, 1.165) is 38.5 Å². The molecule has 25 heavy (non-hydrogen) atoms. The SMILES string of the molecule is O=C(c1ccoc1)N1CC[C@H](OCC2CC2)[C@@H](Cc2ccccc2)C1. The second-order valence-corrected chi connectivity index (χ2v) is 7.32. The third-order valence-electron chi connectivity index (χ3n) is 5.30. The van der Waals surface area contributed by atoms with Crippen molar-refractivity contribution in [2.45, 2.75) is 31.8 Å². The van der Waals surface area contributed by atoms with Crippen LogP contribution in [0, 0.1) is 11.8 Å². The maximum absolute atomic E-state index is 12.7. The fourth-order valence-corrected chi connectivity index (χ4v) is 3.64. The van der Waals surface area contributed by atoms with E-state index in [2.05, 4.69) is 24.3 Å². The number of carbonyl (C=O) groups excluding carboxylic acids is 1. The van der Waals surface area contributed by atoms with Crippen LogP contribution in [-0.2, 0) is 11.2 Å². The Morgan fingerprint density at radius 1 is 1.16 bits per heavy atom. The predicted molar refractivity (Wildman–Crippen MR) is 95.3 cm³/mol. The van der Waals surface area contributed by atoms with Gasteiger partial charge in [-0.3, -0.25) is 4.79 Å². The molecule has 2 aromatic rings. The number of nitrogens with zero attached hydrogens (tertiary/aromatic N) is 1. The van der Waals surface area contributed by atoms with Gasteiger partial charge in [0.25, 0.3) is 5.91 Å². The van der Waals surface area contributed by atoms with Crippen molar-refractivity contribution in [2.24, 2.45) is 11.8 Å². The molecule has 2 fully saturated rings. The van der Waals surface area contributed by atoms with Crippen molar-refractivity contribution in [3.63, 3.8) is 0 Å². The van der Waals surface area contributed by atoms with Crippen LogP contribution in [-0.4, -0.2) is 36.6 Å². The minimum atomic E-state index is 0.0625. The van der Waals surface area contributed by atoms with Crippen molar-refractivity contribution in [3.05, 3.63) is 60.1 Å². The second kappa shape index (κ2) is 7.44. The topological polar surface area (TPSA) is 42.7 Å². The summed E-state index contributed by atoms with van der Waals surface area (Å²) in [4.78, 5) is 14.6. The maximum atomic E-state index is 12.7. The molecular weight excluding hydrogens is 314 g/mol. The van der Waals surface area contributed by atoms with E-state index >= 15 is 0 Å². The largest absolute Gasteiger partial charge is 0.472 e. The number of carbonyl (C=O) groups is 1. The Labute approximate surface area is 148 Å². The first-order chi connectivity index (χ1) is 12.3. The van der Waals surface area contributed by atoms with Crippen LogP contribution in [0.1, 0.15) is 35.2 Å². The van der Waals surface area contributed by atoms with Gasteiger partial charge >= 0.3 is 0 Å². The number of benzene rings is 1. The third kappa shape index (κ3) is 4.13. The fraction of sp³-hybridized carbons (Fsp3) is 0.476. The van der Waals surface area contributed by atoms with E-state index in [4.69, 9.17) is 9.15 Å². The van der Waals surface area contributed by atoms with Gasteiger partial charge in [-0.25, -0.2) is 0 Å². The average molecular weight is 339 g/mol. The summed E-state index contributed by atoms with van der Waals surface area (Å²) >= 11 is 0. The van der Waals surface area contributed by atoms with Gasteiger partial charge in [-0.2, -0.15) is 0 Å². The first kappa shape index (κ1) is 16.4. The summed E-state index contributed by atoms with van der Waals surface area (Å²) < 4.78 is 11.3. The summed E-state index contributed by atoms with van der Waals surface area (Å²) in [6.45, 7) is 2.38. The monoisotopic (exact) mass is 339 g/mol. The zero-order valence-corrected chi connectivity index (χ0v) is 14.5. The van der Waals surface area contributed by atoms with Gasteiger partial charge in [0.2, 0.25) is 0 Å². The average Bonchev–Trinajstić information content (AvgIpc) is 3.31. The first-order valence-electron chi connectivity index (χ1n) is 9.26. The Balaban J connectivity index is 1.45. The van der Waals surface area contributed by atoms with Crippen LogP contribution in [0.25, 0.3) is 0 Å². The van der Waals surface area contributed by atoms with Crippen LogP contribution in [0.5, 0.6) is 0 Å². The van der Waals surface area contributed by atoms with Gasteiger partial charge in [0.15, 0.2) is 0 Å². The molecule has 4 nitrogen and oxygen atoms in total. The molecule has 0 spiro atoms. The zero-order valence-electron chi connectivity index (χ0n) is 14.5. The number of likely N-dealkylation sites (tertiary alicyclic amines) is 1. The molecule has 2 aliphatic rings. The number of rotatable bonds is 6. The van der Waals surface area contributed by atoms with Crippen molar-refractivity contribution in [3.8, 4) is 0 Å². The van der Waals surface area contributed by atoms with Crippen molar-refractivity contribution in [1.29, 1.82) is 0 Å². The number of hydrogen-bond acceptors (Lipinski definition) is 3. The van der Waals surface area contributed by atoms with E-state index in [1.165, 1.54) is 24.7 Å². The van der Waals surface area contributed by atoms with Crippen LogP contribution in [0.15, 0.2) is 53.3 Å². The van der Waals surface area contributed by atoms with Gasteiger partial charge < -0.3 is 14.1 Å². The summed E-state index contributed by atoms with van der Waals surface area (Å²) in [6, 6.07) is 12.3. The predicted octanol–water partition coefficient (Wildman–Crippen LogP) is 3.78. The van der Waals surface area contributed by atoms with E-state index in [1.54, 1.807) is 12.3 Å².